The van der Waals surface area contributed by atoms with Gasteiger partial charge in [-0.2, -0.15) is 0 Å². The third-order valence-electron chi connectivity index (χ3n) is 2.52. The normalized spacial score (nSPS) is 13.6. The number of nitrogens with one attached hydrogen (secondary N) is 1. The summed E-state index contributed by atoms with van der Waals surface area (Å²) in [6.07, 6.45) is 0.956. The summed E-state index contributed by atoms with van der Waals surface area (Å²) < 4.78 is 25.5. The molecule has 0 bridgehead atoms. The number of aliphatic hydroxyl groups excluding tert-OH is 1. The molecule has 0 saturated carbocycles. The monoisotopic (exact) mass is 308 g/mol. The van der Waals surface area contributed by atoms with Gasteiger partial charge in [-0.05, 0) is 19.4 Å². The summed E-state index contributed by atoms with van der Waals surface area (Å²) in [5.41, 5.74) is 2.26. The molecule has 4 N–H and O–H groups in total. The van der Waals surface area contributed by atoms with Gasteiger partial charge in [-0.3, -0.25) is 0 Å². The number of nitrogens with zero attached hydrogens (tertiary/aromatic N) is 2. The second-order valence-corrected chi connectivity index (χ2v) is 6.56. The van der Waals surface area contributed by atoms with Crippen LogP contribution in [0, 0.1) is 0 Å². The highest BCUT2D eigenvalue weighted by Gasteiger charge is 2.22. The Morgan fingerprint density at radius 3 is 2.74 bits per heavy atom. The molecule has 19 heavy (non-hydrogen) atoms. The summed E-state index contributed by atoms with van der Waals surface area (Å²) in [5.74, 6) is 5.37. The van der Waals surface area contributed by atoms with E-state index in [2.05, 4.69) is 10.4 Å². The number of pyridine rings is 1. The van der Waals surface area contributed by atoms with E-state index >= 15 is 0 Å². The van der Waals surface area contributed by atoms with E-state index in [4.69, 9.17) is 17.4 Å². The number of aromatic nitrogens is 1. The number of hydrogen-bond acceptors (Lipinski definition) is 6. The van der Waals surface area contributed by atoms with Crippen molar-refractivity contribution >= 4 is 27.4 Å². The smallest absolute Gasteiger partial charge is 0.244 e. The van der Waals surface area contributed by atoms with Crippen molar-refractivity contribution in [1.82, 2.24) is 9.29 Å². The van der Waals surface area contributed by atoms with Crippen molar-refractivity contribution < 1.29 is 13.5 Å². The lowest BCUT2D eigenvalue weighted by Gasteiger charge is -2.18. The first kappa shape index (κ1) is 16.1. The molecule has 0 amide bonds. The molecule has 1 heterocycles. The average Bonchev–Trinajstić information content (AvgIpc) is 2.35. The van der Waals surface area contributed by atoms with E-state index in [0.29, 0.717) is 6.42 Å². The number of rotatable bonds is 6. The summed E-state index contributed by atoms with van der Waals surface area (Å²) in [6, 6.07) is 1.28. The fourth-order valence-electron chi connectivity index (χ4n) is 1.34. The van der Waals surface area contributed by atoms with Crippen LogP contribution in [0.4, 0.5) is 5.82 Å². The summed E-state index contributed by atoms with van der Waals surface area (Å²) >= 11 is 5.84. The Bertz CT molecular complexity index is 536. The molecule has 0 aliphatic rings. The van der Waals surface area contributed by atoms with Gasteiger partial charge in [-0.25, -0.2) is 23.5 Å². The van der Waals surface area contributed by atoms with E-state index in [1.807, 2.05) is 0 Å². The number of anilines is 1. The van der Waals surface area contributed by atoms with Gasteiger partial charge in [-0.1, -0.05) is 11.6 Å². The second kappa shape index (κ2) is 6.49. The van der Waals surface area contributed by atoms with Crippen LogP contribution in [0.1, 0.15) is 13.3 Å². The molecule has 0 spiro atoms. The van der Waals surface area contributed by atoms with Crippen LogP contribution >= 0.6 is 11.6 Å². The highest BCUT2D eigenvalue weighted by atomic mass is 35.5. The number of sulfonamides is 1. The molecule has 108 valence electrons. The number of hydrazine groups is 1. The lowest BCUT2D eigenvalue weighted by atomic mass is 10.3. The SMILES string of the molecule is CC(O)CCN(C)S(=O)(=O)c1cnc(NN)c(Cl)c1. The first-order valence-corrected chi connectivity index (χ1v) is 7.37. The van der Waals surface area contributed by atoms with Gasteiger partial charge in [0.25, 0.3) is 0 Å². The van der Waals surface area contributed by atoms with Crippen LogP contribution in [0.25, 0.3) is 0 Å². The molecule has 0 aliphatic carbocycles. The molecule has 7 nitrogen and oxygen atoms in total. The topological polar surface area (TPSA) is 109 Å². The molecule has 9 heteroatoms. The van der Waals surface area contributed by atoms with Crippen LogP contribution in [-0.2, 0) is 10.0 Å². The zero-order valence-corrected chi connectivity index (χ0v) is 12.2. The third kappa shape index (κ3) is 4.02. The first-order valence-electron chi connectivity index (χ1n) is 5.55. The van der Waals surface area contributed by atoms with E-state index in [1.54, 1.807) is 6.92 Å². The van der Waals surface area contributed by atoms with Gasteiger partial charge < -0.3 is 10.5 Å². The van der Waals surface area contributed by atoms with Crippen molar-refractivity contribution in [1.29, 1.82) is 0 Å². The van der Waals surface area contributed by atoms with Gasteiger partial charge in [0, 0.05) is 19.8 Å². The number of aliphatic hydroxyl groups is 1. The Hall–Kier alpha value is -0.930. The molecule has 1 rings (SSSR count). The highest BCUT2D eigenvalue weighted by Crippen LogP contribution is 2.23. The Morgan fingerprint density at radius 1 is 1.63 bits per heavy atom. The fourth-order valence-corrected chi connectivity index (χ4v) is 2.78. The molecule has 1 atom stereocenters. The van der Waals surface area contributed by atoms with Gasteiger partial charge in [-0.15, -0.1) is 0 Å². The predicted octanol–water partition coefficient (Wildman–Crippen LogP) is 0.412. The van der Waals surface area contributed by atoms with Crippen LogP contribution in [-0.4, -0.2) is 42.5 Å². The maximum absolute atomic E-state index is 12.2. The molecule has 0 fully saturated rings. The maximum atomic E-state index is 12.2. The maximum Gasteiger partial charge on any atom is 0.244 e. The number of nitrogens with two attached hydrogens (primary N) is 1. The Balaban J connectivity index is 2.96. The molecular formula is C10H17ClN4O3S. The van der Waals surface area contributed by atoms with Crippen molar-refractivity contribution in [2.24, 2.45) is 5.84 Å². The Kier molecular flexibility index (Phi) is 5.50. The molecule has 0 aliphatic heterocycles. The van der Waals surface area contributed by atoms with Crippen LogP contribution in [0.15, 0.2) is 17.2 Å². The fraction of sp³-hybridized carbons (Fsp3) is 0.500. The Labute approximate surface area is 117 Å². The number of halogens is 1. The van der Waals surface area contributed by atoms with E-state index in [0.717, 1.165) is 4.31 Å². The summed E-state index contributed by atoms with van der Waals surface area (Å²) in [6.45, 7) is 1.80. The standard InChI is InChI=1S/C10H17ClN4O3S/c1-7(16)3-4-15(2)19(17,18)8-5-9(11)10(14-12)13-6-8/h5-7,16H,3-4,12H2,1-2H3,(H,13,14). The predicted molar refractivity (Wildman–Crippen MR) is 73.2 cm³/mol. The van der Waals surface area contributed by atoms with Crippen molar-refractivity contribution in [2.75, 3.05) is 19.0 Å². The zero-order chi connectivity index (χ0) is 14.6. The van der Waals surface area contributed by atoms with Crippen LogP contribution in [0.3, 0.4) is 0 Å². The minimum Gasteiger partial charge on any atom is -0.393 e. The number of hydrogen-bond donors (Lipinski definition) is 3. The minimum atomic E-state index is -3.68. The molecule has 0 saturated heterocycles. The van der Waals surface area contributed by atoms with Gasteiger partial charge in [0.2, 0.25) is 10.0 Å². The van der Waals surface area contributed by atoms with Crippen molar-refractivity contribution in [2.45, 2.75) is 24.3 Å². The summed E-state index contributed by atoms with van der Waals surface area (Å²) in [4.78, 5) is 3.79. The lowest BCUT2D eigenvalue weighted by molar-refractivity contribution is 0.177. The molecule has 0 radical (unpaired) electrons. The molecule has 1 unspecified atom stereocenters. The first-order chi connectivity index (χ1) is 8.78. The Morgan fingerprint density at radius 2 is 2.26 bits per heavy atom. The lowest BCUT2D eigenvalue weighted by Crippen LogP contribution is -2.29. The van der Waals surface area contributed by atoms with E-state index < -0.39 is 16.1 Å². The quantitative estimate of drug-likeness (QED) is 0.519. The van der Waals surface area contributed by atoms with Crippen molar-refractivity contribution in [3.05, 3.63) is 17.3 Å². The molecular weight excluding hydrogens is 292 g/mol. The van der Waals surface area contributed by atoms with E-state index in [1.165, 1.54) is 19.3 Å². The molecule has 0 aromatic carbocycles. The van der Waals surface area contributed by atoms with E-state index in [9.17, 15) is 13.5 Å². The second-order valence-electron chi connectivity index (χ2n) is 4.11. The largest absolute Gasteiger partial charge is 0.393 e. The number of nitrogen functional groups attached to an aromatic ring is 1. The van der Waals surface area contributed by atoms with Crippen LogP contribution in [0.2, 0.25) is 5.02 Å². The third-order valence-corrected chi connectivity index (χ3v) is 4.63. The molecule has 1 aromatic rings. The van der Waals surface area contributed by atoms with Gasteiger partial charge in [0.1, 0.15) is 4.90 Å². The minimum absolute atomic E-state index is 0.0235. The van der Waals surface area contributed by atoms with E-state index in [-0.39, 0.29) is 22.3 Å². The zero-order valence-electron chi connectivity index (χ0n) is 10.7. The summed E-state index contributed by atoms with van der Waals surface area (Å²) in [7, 11) is -2.24. The van der Waals surface area contributed by atoms with Crippen LogP contribution < -0.4 is 11.3 Å². The van der Waals surface area contributed by atoms with Crippen LogP contribution in [0.5, 0.6) is 0 Å². The van der Waals surface area contributed by atoms with Gasteiger partial charge >= 0.3 is 0 Å². The van der Waals surface area contributed by atoms with Gasteiger partial charge in [0.15, 0.2) is 5.82 Å². The van der Waals surface area contributed by atoms with Crippen molar-refractivity contribution in [3.8, 4) is 0 Å². The highest BCUT2D eigenvalue weighted by molar-refractivity contribution is 7.89. The summed E-state index contributed by atoms with van der Waals surface area (Å²) in [5, 5.41) is 9.29. The van der Waals surface area contributed by atoms with Gasteiger partial charge in [0.05, 0.1) is 11.1 Å². The van der Waals surface area contributed by atoms with Crippen molar-refractivity contribution in [3.63, 3.8) is 0 Å². The average molecular weight is 309 g/mol. The molecule has 1 aromatic heterocycles.